The maximum Gasteiger partial charge on any atom is 0.303 e. The summed E-state index contributed by atoms with van der Waals surface area (Å²) in [4.78, 5) is 13.2. The average Bonchev–Trinajstić information content (AvgIpc) is 3.12. The van der Waals surface area contributed by atoms with Crippen molar-refractivity contribution in [3.05, 3.63) is 0 Å². The van der Waals surface area contributed by atoms with Crippen molar-refractivity contribution in [1.82, 2.24) is 4.90 Å². The summed E-state index contributed by atoms with van der Waals surface area (Å²) < 4.78 is 0. The van der Waals surface area contributed by atoms with Crippen LogP contribution in [0, 0.1) is 5.92 Å². The molecule has 17 heavy (non-hydrogen) atoms. The standard InChI is InChI=1S/C14H25NO2/c16-14(17)7-4-10-15(11-12-8-9-12)13-5-2-1-3-6-13/h12-13H,1-11H2,(H,16,17). The number of nitrogens with zero attached hydrogens (tertiary/aromatic N) is 1. The van der Waals surface area contributed by atoms with Crippen LogP contribution < -0.4 is 0 Å². The Hall–Kier alpha value is -0.570. The zero-order chi connectivity index (χ0) is 12.1. The van der Waals surface area contributed by atoms with Crippen molar-refractivity contribution < 1.29 is 9.90 Å². The lowest BCUT2D eigenvalue weighted by Crippen LogP contribution is -2.39. The van der Waals surface area contributed by atoms with Crippen LogP contribution in [0.2, 0.25) is 0 Å². The molecule has 2 aliphatic carbocycles. The Balaban J connectivity index is 1.76. The molecule has 3 heteroatoms. The Labute approximate surface area is 104 Å². The number of hydrogen-bond donors (Lipinski definition) is 1. The molecular formula is C14H25NO2. The van der Waals surface area contributed by atoms with E-state index < -0.39 is 5.97 Å². The second-order valence-electron chi connectivity index (χ2n) is 5.73. The molecule has 2 fully saturated rings. The first-order chi connectivity index (χ1) is 8.25. The minimum Gasteiger partial charge on any atom is -0.481 e. The van der Waals surface area contributed by atoms with Crippen LogP contribution in [0.3, 0.4) is 0 Å². The van der Waals surface area contributed by atoms with E-state index in [0.29, 0.717) is 6.42 Å². The predicted molar refractivity (Wildman–Crippen MR) is 68.0 cm³/mol. The molecule has 0 aromatic rings. The second kappa shape index (κ2) is 6.39. The predicted octanol–water partition coefficient (Wildman–Crippen LogP) is 2.90. The number of rotatable bonds is 7. The minimum atomic E-state index is -0.653. The maximum absolute atomic E-state index is 10.6. The zero-order valence-electron chi connectivity index (χ0n) is 10.7. The Morgan fingerprint density at radius 1 is 1.12 bits per heavy atom. The molecule has 2 aliphatic rings. The molecule has 2 rings (SSSR count). The van der Waals surface area contributed by atoms with E-state index in [0.717, 1.165) is 24.9 Å². The molecule has 1 N–H and O–H groups in total. The summed E-state index contributed by atoms with van der Waals surface area (Å²) in [6, 6.07) is 0.748. The van der Waals surface area contributed by atoms with E-state index in [2.05, 4.69) is 4.90 Å². The molecule has 0 bridgehead atoms. The summed E-state index contributed by atoms with van der Waals surface area (Å²) in [6.07, 6.45) is 10.7. The van der Waals surface area contributed by atoms with E-state index in [9.17, 15) is 4.79 Å². The largest absolute Gasteiger partial charge is 0.481 e. The topological polar surface area (TPSA) is 40.5 Å². The van der Waals surface area contributed by atoms with Crippen LogP contribution in [0.25, 0.3) is 0 Å². The number of carboxylic acids is 1. The van der Waals surface area contributed by atoms with Crippen LogP contribution in [0.15, 0.2) is 0 Å². The summed E-state index contributed by atoms with van der Waals surface area (Å²) in [5, 5.41) is 8.71. The van der Waals surface area contributed by atoms with Gasteiger partial charge in [-0.15, -0.1) is 0 Å². The smallest absolute Gasteiger partial charge is 0.303 e. The molecule has 98 valence electrons. The fourth-order valence-electron chi connectivity index (χ4n) is 2.93. The van der Waals surface area contributed by atoms with Gasteiger partial charge in [-0.25, -0.2) is 0 Å². The van der Waals surface area contributed by atoms with Gasteiger partial charge in [-0.2, -0.15) is 0 Å². The third-order valence-corrected chi connectivity index (χ3v) is 4.12. The molecule has 0 radical (unpaired) electrons. The van der Waals surface area contributed by atoms with Gasteiger partial charge < -0.3 is 10.0 Å². The second-order valence-corrected chi connectivity index (χ2v) is 5.73. The van der Waals surface area contributed by atoms with Crippen LogP contribution in [0.4, 0.5) is 0 Å². The van der Waals surface area contributed by atoms with Gasteiger partial charge in [-0.3, -0.25) is 4.79 Å². The molecule has 0 aromatic carbocycles. The van der Waals surface area contributed by atoms with Crippen molar-refractivity contribution in [2.75, 3.05) is 13.1 Å². The van der Waals surface area contributed by atoms with Gasteiger partial charge in [0, 0.05) is 19.0 Å². The highest BCUT2D eigenvalue weighted by Crippen LogP contribution is 2.32. The highest BCUT2D eigenvalue weighted by molar-refractivity contribution is 5.66. The van der Waals surface area contributed by atoms with Gasteiger partial charge >= 0.3 is 5.97 Å². The average molecular weight is 239 g/mol. The van der Waals surface area contributed by atoms with E-state index >= 15 is 0 Å². The zero-order valence-corrected chi connectivity index (χ0v) is 10.7. The summed E-state index contributed by atoms with van der Waals surface area (Å²) in [5.74, 6) is 0.266. The first kappa shape index (κ1) is 12.9. The molecule has 3 nitrogen and oxygen atoms in total. The summed E-state index contributed by atoms with van der Waals surface area (Å²) in [6.45, 7) is 2.22. The fraction of sp³-hybridized carbons (Fsp3) is 0.929. The third kappa shape index (κ3) is 4.66. The van der Waals surface area contributed by atoms with Crippen LogP contribution >= 0.6 is 0 Å². The van der Waals surface area contributed by atoms with Gasteiger partial charge in [0.25, 0.3) is 0 Å². The molecule has 0 heterocycles. The quantitative estimate of drug-likeness (QED) is 0.742. The maximum atomic E-state index is 10.6. The lowest BCUT2D eigenvalue weighted by molar-refractivity contribution is -0.137. The summed E-state index contributed by atoms with van der Waals surface area (Å²) in [5.41, 5.74) is 0. The summed E-state index contributed by atoms with van der Waals surface area (Å²) in [7, 11) is 0. The number of hydrogen-bond acceptors (Lipinski definition) is 2. The molecule has 0 saturated heterocycles. The molecule has 0 unspecified atom stereocenters. The third-order valence-electron chi connectivity index (χ3n) is 4.12. The van der Waals surface area contributed by atoms with Crippen molar-refractivity contribution in [3.63, 3.8) is 0 Å². The molecule has 0 atom stereocenters. The summed E-state index contributed by atoms with van der Waals surface area (Å²) >= 11 is 0. The minimum absolute atomic E-state index is 0.327. The highest BCUT2D eigenvalue weighted by atomic mass is 16.4. The molecule has 0 aromatic heterocycles. The number of aliphatic carboxylic acids is 1. The van der Waals surface area contributed by atoms with Crippen molar-refractivity contribution in [2.45, 2.75) is 63.8 Å². The van der Waals surface area contributed by atoms with Gasteiger partial charge in [0.05, 0.1) is 0 Å². The van der Waals surface area contributed by atoms with Gasteiger partial charge in [-0.05, 0) is 44.6 Å². The van der Waals surface area contributed by atoms with Crippen molar-refractivity contribution in [2.24, 2.45) is 5.92 Å². The van der Waals surface area contributed by atoms with Gasteiger partial charge in [0.1, 0.15) is 0 Å². The molecule has 0 spiro atoms. The monoisotopic (exact) mass is 239 g/mol. The van der Waals surface area contributed by atoms with E-state index in [1.807, 2.05) is 0 Å². The van der Waals surface area contributed by atoms with Gasteiger partial charge in [0.15, 0.2) is 0 Å². The van der Waals surface area contributed by atoms with Crippen molar-refractivity contribution >= 4 is 5.97 Å². The van der Waals surface area contributed by atoms with Crippen LogP contribution in [-0.2, 0) is 4.79 Å². The fourth-order valence-corrected chi connectivity index (χ4v) is 2.93. The van der Waals surface area contributed by atoms with Crippen LogP contribution in [0.5, 0.6) is 0 Å². The Morgan fingerprint density at radius 2 is 1.82 bits per heavy atom. The molecule has 0 aliphatic heterocycles. The normalized spacial score (nSPS) is 21.9. The van der Waals surface area contributed by atoms with E-state index in [1.54, 1.807) is 0 Å². The lowest BCUT2D eigenvalue weighted by Gasteiger charge is -2.34. The Kier molecular flexibility index (Phi) is 4.84. The lowest BCUT2D eigenvalue weighted by atomic mass is 9.94. The first-order valence-corrected chi connectivity index (χ1v) is 7.21. The van der Waals surface area contributed by atoms with Crippen LogP contribution in [-0.4, -0.2) is 35.1 Å². The molecule has 0 amide bonds. The Morgan fingerprint density at radius 3 is 2.41 bits per heavy atom. The number of carboxylic acid groups (broad SMARTS) is 1. The number of carbonyl (C=O) groups is 1. The molecular weight excluding hydrogens is 214 g/mol. The first-order valence-electron chi connectivity index (χ1n) is 7.21. The van der Waals surface area contributed by atoms with Crippen molar-refractivity contribution in [3.8, 4) is 0 Å². The van der Waals surface area contributed by atoms with Gasteiger partial charge in [-0.1, -0.05) is 19.3 Å². The Bertz CT molecular complexity index is 245. The van der Waals surface area contributed by atoms with Crippen LogP contribution in [0.1, 0.15) is 57.8 Å². The molecule has 2 saturated carbocycles. The van der Waals surface area contributed by atoms with E-state index in [-0.39, 0.29) is 0 Å². The highest BCUT2D eigenvalue weighted by Gasteiger charge is 2.28. The SMILES string of the molecule is O=C(O)CCCN(CC1CC1)C1CCCCC1. The van der Waals surface area contributed by atoms with Gasteiger partial charge in [0.2, 0.25) is 0 Å². The van der Waals surface area contributed by atoms with E-state index in [1.165, 1.54) is 51.5 Å². The van der Waals surface area contributed by atoms with E-state index in [4.69, 9.17) is 5.11 Å². The van der Waals surface area contributed by atoms with Crippen molar-refractivity contribution in [1.29, 1.82) is 0 Å².